The van der Waals surface area contributed by atoms with E-state index >= 15 is 0 Å². The van der Waals surface area contributed by atoms with Crippen molar-refractivity contribution in [1.29, 1.82) is 0 Å². The van der Waals surface area contributed by atoms with Crippen molar-refractivity contribution in [3.8, 4) is 11.3 Å². The van der Waals surface area contributed by atoms with Crippen LogP contribution in [0.5, 0.6) is 0 Å². The predicted molar refractivity (Wildman–Crippen MR) is 113 cm³/mol. The molecule has 3 heterocycles. The Hall–Kier alpha value is -3.48. The molecule has 0 saturated carbocycles. The molecule has 3 aromatic rings. The van der Waals surface area contributed by atoms with E-state index in [9.17, 15) is 9.59 Å². The number of carbonyl (C=O) groups excluding carboxylic acids is 2. The topological polar surface area (TPSA) is 88.3 Å². The molecule has 1 aromatic carbocycles. The first-order valence-corrected chi connectivity index (χ1v) is 10.1. The van der Waals surface area contributed by atoms with Gasteiger partial charge >= 0.3 is 0 Å². The van der Waals surface area contributed by atoms with E-state index in [1.165, 1.54) is 0 Å². The number of nitrogens with one attached hydrogen (secondary N) is 1. The highest BCUT2D eigenvalue weighted by molar-refractivity contribution is 5.94. The van der Waals surface area contributed by atoms with Gasteiger partial charge in [-0.05, 0) is 44.4 Å². The minimum atomic E-state index is -0.194. The summed E-state index contributed by atoms with van der Waals surface area (Å²) in [5.41, 5.74) is 3.74. The van der Waals surface area contributed by atoms with Crippen LogP contribution in [0.15, 0.2) is 53.2 Å². The lowest BCUT2D eigenvalue weighted by Gasteiger charge is -2.30. The maximum absolute atomic E-state index is 12.8. The van der Waals surface area contributed by atoms with Crippen LogP contribution in [0, 0.1) is 19.8 Å². The van der Waals surface area contributed by atoms with E-state index in [1.807, 2.05) is 50.2 Å². The van der Waals surface area contributed by atoms with Crippen LogP contribution in [-0.4, -0.2) is 39.9 Å². The van der Waals surface area contributed by atoms with E-state index in [4.69, 9.17) is 4.52 Å². The summed E-state index contributed by atoms with van der Waals surface area (Å²) in [5.74, 6) is 0.386. The summed E-state index contributed by atoms with van der Waals surface area (Å²) < 4.78 is 5.30. The molecule has 0 bridgehead atoms. The van der Waals surface area contributed by atoms with Gasteiger partial charge in [-0.1, -0.05) is 35.0 Å². The lowest BCUT2D eigenvalue weighted by Crippen LogP contribution is -2.41. The Bertz CT molecular complexity index is 1050. The van der Waals surface area contributed by atoms with Gasteiger partial charge in [-0.25, -0.2) is 4.98 Å². The molecular weight excluding hydrogens is 380 g/mol. The number of anilines is 1. The van der Waals surface area contributed by atoms with Crippen molar-refractivity contribution in [1.82, 2.24) is 15.0 Å². The number of nitrogens with zero attached hydrogens (tertiary/aromatic N) is 3. The summed E-state index contributed by atoms with van der Waals surface area (Å²) in [6.45, 7) is 4.97. The zero-order chi connectivity index (χ0) is 21.1. The van der Waals surface area contributed by atoms with E-state index in [0.717, 1.165) is 16.7 Å². The van der Waals surface area contributed by atoms with Gasteiger partial charge in [0.15, 0.2) is 0 Å². The van der Waals surface area contributed by atoms with Crippen molar-refractivity contribution >= 4 is 17.6 Å². The van der Waals surface area contributed by atoms with Crippen LogP contribution >= 0.6 is 0 Å². The van der Waals surface area contributed by atoms with Crippen molar-refractivity contribution in [3.63, 3.8) is 0 Å². The molecular formula is C23H24N4O3. The highest BCUT2D eigenvalue weighted by Crippen LogP contribution is 2.23. The second-order valence-electron chi connectivity index (χ2n) is 7.72. The third-order valence-electron chi connectivity index (χ3n) is 5.39. The molecule has 0 spiro atoms. The number of rotatable bonds is 4. The number of pyridine rings is 1. The normalized spacial score (nSPS) is 14.5. The van der Waals surface area contributed by atoms with Gasteiger partial charge in [0, 0.05) is 36.8 Å². The second-order valence-corrected chi connectivity index (χ2v) is 7.72. The average Bonchev–Trinajstić information content (AvgIpc) is 3.24. The van der Waals surface area contributed by atoms with Crippen molar-refractivity contribution in [2.24, 2.45) is 5.92 Å². The van der Waals surface area contributed by atoms with Gasteiger partial charge < -0.3 is 14.7 Å². The summed E-state index contributed by atoms with van der Waals surface area (Å²) in [4.78, 5) is 31.2. The number of hydrogen-bond acceptors (Lipinski definition) is 5. The molecule has 2 aromatic heterocycles. The minimum absolute atomic E-state index is 0.0541. The third kappa shape index (κ3) is 4.40. The zero-order valence-electron chi connectivity index (χ0n) is 17.1. The zero-order valence-corrected chi connectivity index (χ0v) is 17.1. The standard InChI is InChI=1S/C23H24N4O3/c1-15-3-5-17(6-4-15)19-14-20(30-26-19)23(29)27-11-8-18(9-12-27)22(28)25-21-13-16(2)7-10-24-21/h3-7,10,13-14,18H,8-9,11-12H2,1-2H3,(H,24,25,28). The molecule has 1 aliphatic heterocycles. The monoisotopic (exact) mass is 404 g/mol. The Kier molecular flexibility index (Phi) is 5.61. The molecule has 154 valence electrons. The Morgan fingerprint density at radius 3 is 2.47 bits per heavy atom. The fraction of sp³-hybridized carbons (Fsp3) is 0.304. The largest absolute Gasteiger partial charge is 0.350 e. The first kappa shape index (κ1) is 19.8. The maximum atomic E-state index is 12.8. The third-order valence-corrected chi connectivity index (χ3v) is 5.39. The van der Waals surface area contributed by atoms with Crippen LogP contribution < -0.4 is 5.32 Å². The average molecular weight is 404 g/mol. The number of benzene rings is 1. The van der Waals surface area contributed by atoms with E-state index in [2.05, 4.69) is 15.5 Å². The first-order chi connectivity index (χ1) is 14.5. The molecule has 7 heteroatoms. The van der Waals surface area contributed by atoms with Crippen LogP contribution in [0.1, 0.15) is 34.5 Å². The minimum Gasteiger partial charge on any atom is -0.350 e. The van der Waals surface area contributed by atoms with Crippen molar-refractivity contribution in [2.75, 3.05) is 18.4 Å². The highest BCUT2D eigenvalue weighted by atomic mass is 16.5. The molecule has 0 unspecified atom stereocenters. The quantitative estimate of drug-likeness (QED) is 0.714. The molecule has 1 aliphatic rings. The van der Waals surface area contributed by atoms with E-state index in [1.54, 1.807) is 17.2 Å². The number of hydrogen-bond donors (Lipinski definition) is 1. The molecule has 2 amide bonds. The van der Waals surface area contributed by atoms with Crippen LogP contribution in [0.2, 0.25) is 0 Å². The Morgan fingerprint density at radius 2 is 1.77 bits per heavy atom. The molecule has 7 nitrogen and oxygen atoms in total. The number of aryl methyl sites for hydroxylation is 2. The summed E-state index contributed by atoms with van der Waals surface area (Å²) in [7, 11) is 0. The Morgan fingerprint density at radius 1 is 1.03 bits per heavy atom. The van der Waals surface area contributed by atoms with Crippen LogP contribution in [0.3, 0.4) is 0 Å². The van der Waals surface area contributed by atoms with E-state index in [-0.39, 0.29) is 23.5 Å². The molecule has 1 fully saturated rings. The fourth-order valence-electron chi connectivity index (χ4n) is 3.57. The van der Waals surface area contributed by atoms with Crippen LogP contribution in [0.25, 0.3) is 11.3 Å². The Labute approximate surface area is 175 Å². The molecule has 1 saturated heterocycles. The van der Waals surface area contributed by atoms with Gasteiger partial charge in [0.05, 0.1) is 0 Å². The highest BCUT2D eigenvalue weighted by Gasteiger charge is 2.29. The Balaban J connectivity index is 1.34. The molecule has 0 aliphatic carbocycles. The summed E-state index contributed by atoms with van der Waals surface area (Å²) in [5, 5.41) is 6.91. The van der Waals surface area contributed by atoms with Gasteiger partial charge in [-0.3, -0.25) is 9.59 Å². The fourth-order valence-corrected chi connectivity index (χ4v) is 3.57. The van der Waals surface area contributed by atoms with Crippen molar-refractivity contribution in [3.05, 3.63) is 65.5 Å². The number of carbonyl (C=O) groups is 2. The van der Waals surface area contributed by atoms with Gasteiger partial charge in [-0.15, -0.1) is 0 Å². The molecule has 4 rings (SSSR count). The lowest BCUT2D eigenvalue weighted by atomic mass is 9.95. The summed E-state index contributed by atoms with van der Waals surface area (Å²) >= 11 is 0. The first-order valence-electron chi connectivity index (χ1n) is 10.1. The lowest BCUT2D eigenvalue weighted by molar-refractivity contribution is -0.121. The van der Waals surface area contributed by atoms with Crippen LogP contribution in [-0.2, 0) is 4.79 Å². The number of amides is 2. The molecule has 0 radical (unpaired) electrons. The van der Waals surface area contributed by atoms with Crippen molar-refractivity contribution < 1.29 is 14.1 Å². The SMILES string of the molecule is Cc1ccc(-c2cc(C(=O)N3CCC(C(=O)Nc4cc(C)ccn4)CC3)on2)cc1. The molecule has 30 heavy (non-hydrogen) atoms. The van der Waals surface area contributed by atoms with E-state index in [0.29, 0.717) is 37.4 Å². The number of piperidine rings is 1. The van der Waals surface area contributed by atoms with E-state index < -0.39 is 0 Å². The number of likely N-dealkylation sites (tertiary alicyclic amines) is 1. The van der Waals surface area contributed by atoms with Gasteiger partial charge in [-0.2, -0.15) is 0 Å². The summed E-state index contributed by atoms with van der Waals surface area (Å²) in [6, 6.07) is 13.3. The molecule has 1 N–H and O–H groups in total. The predicted octanol–water partition coefficient (Wildman–Crippen LogP) is 3.84. The van der Waals surface area contributed by atoms with Gasteiger partial charge in [0.2, 0.25) is 11.7 Å². The van der Waals surface area contributed by atoms with Crippen LogP contribution in [0.4, 0.5) is 5.82 Å². The van der Waals surface area contributed by atoms with Gasteiger partial charge in [0.1, 0.15) is 11.5 Å². The number of aromatic nitrogens is 2. The molecule has 0 atom stereocenters. The smallest absolute Gasteiger partial charge is 0.292 e. The maximum Gasteiger partial charge on any atom is 0.292 e. The second kappa shape index (κ2) is 8.49. The van der Waals surface area contributed by atoms with Gasteiger partial charge in [0.25, 0.3) is 5.91 Å². The van der Waals surface area contributed by atoms with Crippen molar-refractivity contribution in [2.45, 2.75) is 26.7 Å². The summed E-state index contributed by atoms with van der Waals surface area (Å²) in [6.07, 6.45) is 2.87.